The first kappa shape index (κ1) is 7.14. The topological polar surface area (TPSA) is 55.1 Å². The largest absolute Gasteiger partial charge is 0.476 e. The van der Waals surface area contributed by atoms with Crippen LogP contribution in [-0.4, -0.2) is 26.3 Å². The van der Waals surface area contributed by atoms with Crippen molar-refractivity contribution < 1.29 is 9.90 Å². The molecule has 0 saturated carbocycles. The predicted octanol–water partition coefficient (Wildman–Crippen LogP) is 0.707. The summed E-state index contributed by atoms with van der Waals surface area (Å²) in [5, 5.41) is 8.51. The Kier molecular flexibility index (Phi) is 1.96. The SMILES string of the molecule is CSn1cncc1C(=O)O. The first-order valence-electron chi connectivity index (χ1n) is 2.56. The van der Waals surface area contributed by atoms with Crippen molar-refractivity contribution in [2.45, 2.75) is 0 Å². The summed E-state index contributed by atoms with van der Waals surface area (Å²) in [5.74, 6) is -0.952. The molecule has 0 aliphatic rings. The summed E-state index contributed by atoms with van der Waals surface area (Å²) in [6.45, 7) is 0. The maximum absolute atomic E-state index is 10.4. The number of hydrogen-bond acceptors (Lipinski definition) is 3. The van der Waals surface area contributed by atoms with E-state index in [1.165, 1.54) is 28.4 Å². The molecule has 0 spiro atoms. The van der Waals surface area contributed by atoms with E-state index in [4.69, 9.17) is 5.11 Å². The Morgan fingerprint density at radius 1 is 1.90 bits per heavy atom. The average molecular weight is 158 g/mol. The lowest BCUT2D eigenvalue weighted by Gasteiger charge is -1.95. The van der Waals surface area contributed by atoms with Crippen LogP contribution in [0.2, 0.25) is 0 Å². The smallest absolute Gasteiger partial charge is 0.355 e. The van der Waals surface area contributed by atoms with Gasteiger partial charge in [-0.1, -0.05) is 0 Å². The van der Waals surface area contributed by atoms with E-state index >= 15 is 0 Å². The molecule has 4 nitrogen and oxygen atoms in total. The highest BCUT2D eigenvalue weighted by atomic mass is 32.2. The molecule has 10 heavy (non-hydrogen) atoms. The molecule has 0 aliphatic heterocycles. The fourth-order valence-electron chi connectivity index (χ4n) is 0.579. The van der Waals surface area contributed by atoms with Crippen molar-refractivity contribution in [2.75, 3.05) is 6.26 Å². The molecule has 0 unspecified atom stereocenters. The second-order valence-corrected chi connectivity index (χ2v) is 2.35. The Balaban J connectivity index is 3.01. The van der Waals surface area contributed by atoms with Crippen LogP contribution in [0.5, 0.6) is 0 Å². The molecule has 54 valence electrons. The molecule has 1 aromatic rings. The van der Waals surface area contributed by atoms with Gasteiger partial charge in [0.25, 0.3) is 0 Å². The van der Waals surface area contributed by atoms with Crippen molar-refractivity contribution in [3.63, 3.8) is 0 Å². The minimum Gasteiger partial charge on any atom is -0.476 e. The molecule has 1 aromatic heterocycles. The van der Waals surface area contributed by atoms with E-state index in [2.05, 4.69) is 4.98 Å². The van der Waals surface area contributed by atoms with Crippen LogP contribution in [0.1, 0.15) is 10.5 Å². The molecule has 1 heterocycles. The number of carboxylic acids is 1. The molecule has 0 bridgehead atoms. The van der Waals surface area contributed by atoms with Gasteiger partial charge in [0.15, 0.2) is 5.69 Å². The van der Waals surface area contributed by atoms with Crippen LogP contribution >= 0.6 is 11.9 Å². The van der Waals surface area contributed by atoms with Crippen molar-refractivity contribution >= 4 is 17.9 Å². The number of aromatic carboxylic acids is 1. The lowest BCUT2D eigenvalue weighted by atomic mass is 10.5. The van der Waals surface area contributed by atoms with E-state index in [1.54, 1.807) is 6.26 Å². The van der Waals surface area contributed by atoms with Crippen LogP contribution in [0.3, 0.4) is 0 Å². The summed E-state index contributed by atoms with van der Waals surface area (Å²) in [5.41, 5.74) is 0.201. The third-order valence-electron chi connectivity index (χ3n) is 1.02. The monoisotopic (exact) mass is 158 g/mol. The third kappa shape index (κ3) is 1.13. The quantitative estimate of drug-likeness (QED) is 0.688. The Morgan fingerprint density at radius 2 is 2.60 bits per heavy atom. The summed E-state index contributed by atoms with van der Waals surface area (Å²) in [6, 6.07) is 0. The van der Waals surface area contributed by atoms with Gasteiger partial charge in [-0.05, 0) is 11.9 Å². The van der Waals surface area contributed by atoms with Crippen molar-refractivity contribution in [3.8, 4) is 0 Å². The highest BCUT2D eigenvalue weighted by Gasteiger charge is 2.07. The van der Waals surface area contributed by atoms with Gasteiger partial charge >= 0.3 is 5.97 Å². The maximum atomic E-state index is 10.4. The molecule has 0 fully saturated rings. The minimum atomic E-state index is -0.952. The van der Waals surface area contributed by atoms with Gasteiger partial charge in [0.1, 0.15) is 6.33 Å². The van der Waals surface area contributed by atoms with Gasteiger partial charge in [-0.15, -0.1) is 0 Å². The average Bonchev–Trinajstić information content (AvgIpc) is 2.33. The first-order valence-corrected chi connectivity index (χ1v) is 3.74. The molecular weight excluding hydrogens is 152 g/mol. The van der Waals surface area contributed by atoms with E-state index in [0.717, 1.165) is 0 Å². The zero-order valence-electron chi connectivity index (χ0n) is 5.31. The molecular formula is C5H6N2O2S. The number of carboxylic acid groups (broad SMARTS) is 1. The van der Waals surface area contributed by atoms with Gasteiger partial charge in [-0.3, -0.25) is 3.97 Å². The summed E-state index contributed by atoms with van der Waals surface area (Å²) in [6.07, 6.45) is 4.57. The second-order valence-electron chi connectivity index (χ2n) is 1.59. The summed E-state index contributed by atoms with van der Waals surface area (Å²) in [4.78, 5) is 14.0. The van der Waals surface area contributed by atoms with Gasteiger partial charge in [0.05, 0.1) is 6.20 Å². The van der Waals surface area contributed by atoms with Crippen molar-refractivity contribution in [2.24, 2.45) is 0 Å². The van der Waals surface area contributed by atoms with E-state index in [0.29, 0.717) is 0 Å². The van der Waals surface area contributed by atoms with Crippen LogP contribution in [-0.2, 0) is 0 Å². The van der Waals surface area contributed by atoms with Crippen LogP contribution in [0.25, 0.3) is 0 Å². The zero-order chi connectivity index (χ0) is 7.56. The second kappa shape index (κ2) is 2.74. The molecule has 0 radical (unpaired) electrons. The lowest BCUT2D eigenvalue weighted by molar-refractivity contribution is 0.0690. The molecule has 0 saturated heterocycles. The number of imidazole rings is 1. The van der Waals surface area contributed by atoms with Crippen molar-refractivity contribution in [3.05, 3.63) is 18.2 Å². The number of aromatic nitrogens is 2. The van der Waals surface area contributed by atoms with Gasteiger partial charge in [0.2, 0.25) is 0 Å². The first-order chi connectivity index (χ1) is 4.75. The van der Waals surface area contributed by atoms with Crippen LogP contribution in [0.4, 0.5) is 0 Å². The normalized spacial score (nSPS) is 9.70. The van der Waals surface area contributed by atoms with Crippen molar-refractivity contribution in [1.82, 2.24) is 8.96 Å². The van der Waals surface area contributed by atoms with Crippen LogP contribution in [0.15, 0.2) is 12.5 Å². The van der Waals surface area contributed by atoms with Gasteiger partial charge in [-0.25, -0.2) is 9.78 Å². The highest BCUT2D eigenvalue weighted by Crippen LogP contribution is 2.06. The number of hydrogen-bond donors (Lipinski definition) is 1. The Bertz CT molecular complexity index is 246. The summed E-state index contributed by atoms with van der Waals surface area (Å²) in [7, 11) is 0. The van der Waals surface area contributed by atoms with Crippen LogP contribution < -0.4 is 0 Å². The Morgan fingerprint density at radius 3 is 3.00 bits per heavy atom. The van der Waals surface area contributed by atoms with E-state index in [1.807, 2.05) is 0 Å². The van der Waals surface area contributed by atoms with Gasteiger partial charge in [0, 0.05) is 6.26 Å². The molecule has 0 atom stereocenters. The Hall–Kier alpha value is -0.970. The van der Waals surface area contributed by atoms with Gasteiger partial charge < -0.3 is 5.11 Å². The number of nitrogens with zero attached hydrogens (tertiary/aromatic N) is 2. The number of rotatable bonds is 2. The van der Waals surface area contributed by atoms with Crippen LogP contribution in [0, 0.1) is 0 Å². The third-order valence-corrected chi connectivity index (χ3v) is 1.71. The van der Waals surface area contributed by atoms with Gasteiger partial charge in [-0.2, -0.15) is 0 Å². The fourth-order valence-corrected chi connectivity index (χ4v) is 1.05. The molecule has 0 amide bonds. The molecule has 0 aromatic carbocycles. The highest BCUT2D eigenvalue weighted by molar-refractivity contribution is 7.97. The lowest BCUT2D eigenvalue weighted by Crippen LogP contribution is -2.01. The summed E-state index contributed by atoms with van der Waals surface area (Å²) >= 11 is 1.30. The molecule has 0 aliphatic carbocycles. The molecule has 1 N–H and O–H groups in total. The fraction of sp³-hybridized carbons (Fsp3) is 0.200. The molecule has 5 heteroatoms. The minimum absolute atomic E-state index is 0.201. The maximum Gasteiger partial charge on any atom is 0.355 e. The van der Waals surface area contributed by atoms with E-state index < -0.39 is 5.97 Å². The van der Waals surface area contributed by atoms with E-state index in [-0.39, 0.29) is 5.69 Å². The molecule has 1 rings (SSSR count). The zero-order valence-corrected chi connectivity index (χ0v) is 6.13. The summed E-state index contributed by atoms with van der Waals surface area (Å²) < 4.78 is 1.49. The predicted molar refractivity (Wildman–Crippen MR) is 38.1 cm³/mol. The number of carbonyl (C=O) groups is 1. The van der Waals surface area contributed by atoms with Crippen molar-refractivity contribution in [1.29, 1.82) is 0 Å². The van der Waals surface area contributed by atoms with E-state index in [9.17, 15) is 4.79 Å². The Labute approximate surface area is 62.0 Å². The standard InChI is InChI=1S/C5H6N2O2S/c1-10-7-3-6-2-4(7)5(8)9/h2-3H,1H3,(H,8,9).